The molecule has 1 saturated carbocycles. The molecule has 1 heterocycles. The third-order valence-corrected chi connectivity index (χ3v) is 6.43. The third-order valence-electron chi connectivity index (χ3n) is 6.43. The van der Waals surface area contributed by atoms with Crippen LogP contribution in [0.2, 0.25) is 0 Å². The average Bonchev–Trinajstić information content (AvgIpc) is 3.24. The topological polar surface area (TPSA) is 67.9 Å². The van der Waals surface area contributed by atoms with E-state index in [2.05, 4.69) is 5.32 Å². The number of carbonyl (C=O) groups excluding carboxylic acids is 2. The molecular weight excluding hydrogens is 380 g/mol. The van der Waals surface area contributed by atoms with Crippen molar-refractivity contribution in [1.29, 1.82) is 0 Å². The maximum atomic E-state index is 13.7. The van der Waals surface area contributed by atoms with Crippen LogP contribution in [0.15, 0.2) is 48.5 Å². The number of methoxy groups -OCH3 is 2. The molecule has 0 radical (unpaired) electrons. The van der Waals surface area contributed by atoms with E-state index >= 15 is 0 Å². The van der Waals surface area contributed by atoms with Crippen molar-refractivity contribution in [1.82, 2.24) is 4.90 Å². The first-order valence-corrected chi connectivity index (χ1v) is 10.5. The van der Waals surface area contributed by atoms with Gasteiger partial charge in [-0.1, -0.05) is 31.0 Å². The molecule has 2 aromatic carbocycles. The van der Waals surface area contributed by atoms with Gasteiger partial charge in [0.1, 0.15) is 5.75 Å². The molecular formula is C24H28N2O4. The molecule has 1 aliphatic heterocycles. The van der Waals surface area contributed by atoms with Gasteiger partial charge in [0.05, 0.1) is 25.2 Å². The molecule has 0 unspecified atom stereocenters. The van der Waals surface area contributed by atoms with Crippen molar-refractivity contribution in [2.75, 3.05) is 32.7 Å². The fourth-order valence-electron chi connectivity index (χ4n) is 5.06. The predicted molar refractivity (Wildman–Crippen MR) is 115 cm³/mol. The maximum Gasteiger partial charge on any atom is 0.254 e. The molecule has 1 aliphatic carbocycles. The molecule has 2 aromatic rings. The smallest absolute Gasteiger partial charge is 0.254 e. The van der Waals surface area contributed by atoms with Gasteiger partial charge in [-0.2, -0.15) is 0 Å². The Labute approximate surface area is 177 Å². The fraction of sp³-hybridized carbons (Fsp3) is 0.417. The molecule has 6 heteroatoms. The average molecular weight is 408 g/mol. The minimum atomic E-state index is -0.513. The third kappa shape index (κ3) is 3.45. The number of rotatable bonds is 6. The van der Waals surface area contributed by atoms with Crippen LogP contribution in [-0.4, -0.2) is 49.6 Å². The Kier molecular flexibility index (Phi) is 5.77. The molecule has 30 heavy (non-hydrogen) atoms. The van der Waals surface area contributed by atoms with Gasteiger partial charge in [0.2, 0.25) is 5.91 Å². The fourth-order valence-corrected chi connectivity index (χ4v) is 5.06. The summed E-state index contributed by atoms with van der Waals surface area (Å²) in [7, 11) is 3.25. The van der Waals surface area contributed by atoms with Gasteiger partial charge in [0, 0.05) is 24.9 Å². The molecule has 2 amide bonds. The molecule has 2 aliphatic rings. The SMILES string of the molecule is COCCN1C(=O)c2ccccc2[C@@H](C(=O)Nc2ccc(OC)cc2)C12CCCC2. The number of hydrogen-bond donors (Lipinski definition) is 1. The lowest BCUT2D eigenvalue weighted by Gasteiger charge is -2.50. The highest BCUT2D eigenvalue weighted by atomic mass is 16.5. The zero-order chi connectivity index (χ0) is 21.1. The highest BCUT2D eigenvalue weighted by Crippen LogP contribution is 2.50. The Morgan fingerprint density at radius 1 is 1.10 bits per heavy atom. The largest absolute Gasteiger partial charge is 0.497 e. The molecule has 1 atom stereocenters. The number of benzene rings is 2. The van der Waals surface area contributed by atoms with Crippen molar-refractivity contribution in [2.24, 2.45) is 0 Å². The number of carbonyl (C=O) groups is 2. The van der Waals surface area contributed by atoms with Crippen LogP contribution in [0.1, 0.15) is 47.5 Å². The monoisotopic (exact) mass is 408 g/mol. The maximum absolute atomic E-state index is 13.7. The Morgan fingerprint density at radius 2 is 1.80 bits per heavy atom. The summed E-state index contributed by atoms with van der Waals surface area (Å²) < 4.78 is 10.5. The van der Waals surface area contributed by atoms with Crippen LogP contribution in [0.3, 0.4) is 0 Å². The summed E-state index contributed by atoms with van der Waals surface area (Å²) in [4.78, 5) is 29.0. The highest BCUT2D eigenvalue weighted by molar-refractivity contribution is 6.05. The van der Waals surface area contributed by atoms with Crippen LogP contribution in [-0.2, 0) is 9.53 Å². The van der Waals surface area contributed by atoms with E-state index in [1.165, 1.54) is 0 Å². The van der Waals surface area contributed by atoms with E-state index in [4.69, 9.17) is 9.47 Å². The minimum absolute atomic E-state index is 0.00181. The lowest BCUT2D eigenvalue weighted by molar-refractivity contribution is -0.121. The van der Waals surface area contributed by atoms with Crippen LogP contribution in [0.25, 0.3) is 0 Å². The standard InChI is InChI=1S/C24H28N2O4/c1-29-16-15-26-23(28)20-8-4-3-7-19(20)21(24(26)13-5-6-14-24)22(27)25-17-9-11-18(30-2)12-10-17/h3-4,7-12,21H,5-6,13-16H2,1-2H3,(H,25,27)/t21-/m0/s1. The van der Waals surface area contributed by atoms with E-state index in [0.717, 1.165) is 37.0 Å². The van der Waals surface area contributed by atoms with Crippen molar-refractivity contribution >= 4 is 17.5 Å². The van der Waals surface area contributed by atoms with Crippen LogP contribution in [0.5, 0.6) is 5.75 Å². The summed E-state index contributed by atoms with van der Waals surface area (Å²) >= 11 is 0. The zero-order valence-corrected chi connectivity index (χ0v) is 17.5. The van der Waals surface area contributed by atoms with E-state index in [-0.39, 0.29) is 11.8 Å². The molecule has 6 nitrogen and oxygen atoms in total. The van der Waals surface area contributed by atoms with Crippen molar-refractivity contribution in [3.63, 3.8) is 0 Å². The van der Waals surface area contributed by atoms with Gasteiger partial charge in [0.25, 0.3) is 5.91 Å². The highest BCUT2D eigenvalue weighted by Gasteiger charge is 2.55. The lowest BCUT2D eigenvalue weighted by atomic mass is 9.71. The Hall–Kier alpha value is -2.86. The number of amides is 2. The number of hydrogen-bond acceptors (Lipinski definition) is 4. The van der Waals surface area contributed by atoms with Crippen molar-refractivity contribution < 1.29 is 19.1 Å². The summed E-state index contributed by atoms with van der Waals surface area (Å²) in [5, 5.41) is 3.08. The lowest BCUT2D eigenvalue weighted by Crippen LogP contribution is -2.60. The second-order valence-electron chi connectivity index (χ2n) is 8.00. The van der Waals surface area contributed by atoms with Gasteiger partial charge in [-0.25, -0.2) is 0 Å². The summed E-state index contributed by atoms with van der Waals surface area (Å²) in [6.07, 6.45) is 3.64. The van der Waals surface area contributed by atoms with E-state index in [1.54, 1.807) is 14.2 Å². The van der Waals surface area contributed by atoms with Gasteiger partial charge in [-0.3, -0.25) is 9.59 Å². The number of fused-ring (bicyclic) bond motifs is 1. The van der Waals surface area contributed by atoms with E-state index in [0.29, 0.717) is 24.4 Å². The molecule has 1 N–H and O–H groups in total. The first-order valence-electron chi connectivity index (χ1n) is 10.5. The molecule has 0 bridgehead atoms. The first-order chi connectivity index (χ1) is 14.6. The number of anilines is 1. The van der Waals surface area contributed by atoms with E-state index < -0.39 is 11.5 Å². The Morgan fingerprint density at radius 3 is 2.47 bits per heavy atom. The van der Waals surface area contributed by atoms with Crippen LogP contribution < -0.4 is 10.1 Å². The predicted octanol–water partition coefficient (Wildman–Crippen LogP) is 3.83. The molecule has 1 spiro atoms. The molecule has 4 rings (SSSR count). The Bertz CT molecular complexity index is 919. The van der Waals surface area contributed by atoms with Crippen LogP contribution >= 0.6 is 0 Å². The first kappa shape index (κ1) is 20.4. The van der Waals surface area contributed by atoms with Gasteiger partial charge in [0.15, 0.2) is 0 Å². The Balaban J connectivity index is 1.74. The number of nitrogens with zero attached hydrogens (tertiary/aromatic N) is 1. The van der Waals surface area contributed by atoms with Crippen molar-refractivity contribution in [3.8, 4) is 5.75 Å². The second kappa shape index (κ2) is 8.48. The number of nitrogens with one attached hydrogen (secondary N) is 1. The summed E-state index contributed by atoms with van der Waals surface area (Å²) in [6, 6.07) is 14.8. The second-order valence-corrected chi connectivity index (χ2v) is 8.00. The minimum Gasteiger partial charge on any atom is -0.497 e. The molecule has 158 valence electrons. The van der Waals surface area contributed by atoms with Gasteiger partial charge < -0.3 is 19.7 Å². The molecule has 0 saturated heterocycles. The summed E-state index contributed by atoms with van der Waals surface area (Å²) in [6.45, 7) is 0.929. The number of ether oxygens (including phenoxy) is 2. The van der Waals surface area contributed by atoms with Crippen molar-refractivity contribution in [2.45, 2.75) is 37.1 Å². The quantitative estimate of drug-likeness (QED) is 0.789. The molecule has 1 fully saturated rings. The van der Waals surface area contributed by atoms with Crippen molar-refractivity contribution in [3.05, 3.63) is 59.7 Å². The zero-order valence-electron chi connectivity index (χ0n) is 17.5. The van der Waals surface area contributed by atoms with Gasteiger partial charge >= 0.3 is 0 Å². The van der Waals surface area contributed by atoms with Crippen LogP contribution in [0, 0.1) is 0 Å². The molecule has 0 aromatic heterocycles. The van der Waals surface area contributed by atoms with Gasteiger partial charge in [-0.05, 0) is 48.7 Å². The normalized spacial score (nSPS) is 19.6. The van der Waals surface area contributed by atoms with E-state index in [9.17, 15) is 9.59 Å². The summed E-state index contributed by atoms with van der Waals surface area (Å²) in [5.74, 6) is 0.231. The summed E-state index contributed by atoms with van der Waals surface area (Å²) in [5.41, 5.74) is 1.64. The van der Waals surface area contributed by atoms with E-state index in [1.807, 2.05) is 53.4 Å². The van der Waals surface area contributed by atoms with Gasteiger partial charge in [-0.15, -0.1) is 0 Å². The van der Waals surface area contributed by atoms with Crippen LogP contribution in [0.4, 0.5) is 5.69 Å².